The largest absolute Gasteiger partial charge is 0.338 e. The van der Waals surface area contributed by atoms with Crippen molar-refractivity contribution in [1.29, 1.82) is 0 Å². The van der Waals surface area contributed by atoms with Crippen LogP contribution in [0.4, 0.5) is 0 Å². The molecule has 2 aliphatic rings. The third-order valence-electron chi connectivity index (χ3n) is 5.94. The Hall–Kier alpha value is -1.42. The Kier molecular flexibility index (Phi) is 4.21. The van der Waals surface area contributed by atoms with Crippen LogP contribution < -0.4 is 0 Å². The number of carbonyl (C=O) groups is 2. The highest BCUT2D eigenvalue weighted by atomic mass is 28.3. The molecule has 1 aliphatic carbocycles. The van der Waals surface area contributed by atoms with Gasteiger partial charge in [0.1, 0.15) is 5.78 Å². The highest BCUT2D eigenvalue weighted by Gasteiger charge is 2.59. The van der Waals surface area contributed by atoms with Crippen molar-refractivity contribution < 1.29 is 9.59 Å². The Balaban J connectivity index is 1.91. The van der Waals surface area contributed by atoms with E-state index in [2.05, 4.69) is 36.7 Å². The van der Waals surface area contributed by atoms with Gasteiger partial charge >= 0.3 is 0 Å². The molecule has 0 unspecified atom stereocenters. The lowest BCUT2D eigenvalue weighted by atomic mass is 9.72. The summed E-state index contributed by atoms with van der Waals surface area (Å²) in [7, 11) is -1.73. The summed E-state index contributed by atoms with van der Waals surface area (Å²) >= 11 is 0. The van der Waals surface area contributed by atoms with Crippen molar-refractivity contribution in [2.45, 2.75) is 56.9 Å². The molecule has 0 bridgehead atoms. The molecule has 0 spiro atoms. The first-order chi connectivity index (χ1) is 10.8. The summed E-state index contributed by atoms with van der Waals surface area (Å²) in [6.07, 6.45) is 2.96. The summed E-state index contributed by atoms with van der Waals surface area (Å²) in [6, 6.07) is 10.2. The monoisotopic (exact) mass is 329 g/mol. The molecule has 3 nitrogen and oxygen atoms in total. The third-order valence-corrected chi connectivity index (χ3v) is 9.49. The molecule has 0 radical (unpaired) electrons. The van der Waals surface area contributed by atoms with Gasteiger partial charge in [0.2, 0.25) is 5.91 Å². The number of fused-ring (bicyclic) bond motifs is 1. The fourth-order valence-electron chi connectivity index (χ4n) is 4.68. The number of hydrogen-bond donors (Lipinski definition) is 0. The van der Waals surface area contributed by atoms with Crippen molar-refractivity contribution >= 4 is 19.8 Å². The number of nitrogens with zero attached hydrogens (tertiary/aromatic N) is 1. The molecule has 3 rings (SSSR count). The molecule has 2 fully saturated rings. The molecule has 2 atom stereocenters. The predicted molar refractivity (Wildman–Crippen MR) is 94.9 cm³/mol. The number of rotatable bonds is 3. The minimum atomic E-state index is -1.73. The van der Waals surface area contributed by atoms with Gasteiger partial charge in [-0.2, -0.15) is 0 Å². The van der Waals surface area contributed by atoms with Crippen LogP contribution in [0.15, 0.2) is 30.3 Å². The lowest BCUT2D eigenvalue weighted by Gasteiger charge is -2.55. The number of amides is 1. The molecule has 1 aliphatic heterocycles. The number of likely N-dealkylation sites (tertiary alicyclic amines) is 1. The normalized spacial score (nSPS) is 28.7. The number of ketones is 1. The van der Waals surface area contributed by atoms with E-state index in [0.29, 0.717) is 31.1 Å². The lowest BCUT2D eigenvalue weighted by molar-refractivity contribution is -0.144. The second kappa shape index (κ2) is 5.89. The first-order valence-corrected chi connectivity index (χ1v) is 12.2. The van der Waals surface area contributed by atoms with Crippen LogP contribution in [0.3, 0.4) is 0 Å². The molecule has 1 aromatic rings. The standard InChI is InChI=1S/C19H27NO2Si/c1-23(2,3)19-11-9-17(21)13-16(19)10-12-20(18(19)22)14-15-7-5-4-6-8-15/h4-8,16H,9-14H2,1-3H3/t16-,19-/m0/s1. The van der Waals surface area contributed by atoms with Crippen LogP contribution in [-0.2, 0) is 16.1 Å². The molecule has 4 heteroatoms. The summed E-state index contributed by atoms with van der Waals surface area (Å²) in [4.78, 5) is 27.5. The number of carbonyl (C=O) groups excluding carboxylic acids is 2. The zero-order valence-corrected chi connectivity index (χ0v) is 15.5. The lowest BCUT2D eigenvalue weighted by Crippen LogP contribution is -2.60. The van der Waals surface area contributed by atoms with Gasteiger partial charge in [-0.15, -0.1) is 0 Å². The fraction of sp³-hybridized carbons (Fsp3) is 0.579. The highest BCUT2D eigenvalue weighted by molar-refractivity contribution is 6.82. The summed E-state index contributed by atoms with van der Waals surface area (Å²) in [5.41, 5.74) is 1.19. The predicted octanol–water partition coefficient (Wildman–Crippen LogP) is 3.87. The molecule has 1 heterocycles. The molecule has 1 aromatic carbocycles. The zero-order chi connectivity index (χ0) is 16.7. The van der Waals surface area contributed by atoms with Crippen molar-refractivity contribution in [3.8, 4) is 0 Å². The summed E-state index contributed by atoms with van der Waals surface area (Å²) in [6.45, 7) is 8.41. The molecule has 1 saturated carbocycles. The Labute approximate surface area is 140 Å². The molecular formula is C19H27NO2Si. The topological polar surface area (TPSA) is 37.4 Å². The van der Waals surface area contributed by atoms with Crippen LogP contribution >= 0.6 is 0 Å². The minimum absolute atomic E-state index is 0.242. The van der Waals surface area contributed by atoms with Gasteiger partial charge in [0.25, 0.3) is 0 Å². The van der Waals surface area contributed by atoms with Crippen molar-refractivity contribution in [3.63, 3.8) is 0 Å². The van der Waals surface area contributed by atoms with Gasteiger partial charge in [-0.05, 0) is 24.3 Å². The van der Waals surface area contributed by atoms with Crippen LogP contribution in [0, 0.1) is 5.92 Å². The van der Waals surface area contributed by atoms with Crippen LogP contribution in [0.1, 0.15) is 31.2 Å². The highest BCUT2D eigenvalue weighted by Crippen LogP contribution is 2.58. The maximum atomic E-state index is 13.5. The van der Waals surface area contributed by atoms with E-state index < -0.39 is 8.07 Å². The Morgan fingerprint density at radius 3 is 2.52 bits per heavy atom. The van der Waals surface area contributed by atoms with E-state index in [-0.39, 0.29) is 11.0 Å². The van der Waals surface area contributed by atoms with Gasteiger partial charge in [0.05, 0.1) is 8.07 Å². The summed E-state index contributed by atoms with van der Waals surface area (Å²) < 4.78 is 0. The second-order valence-corrected chi connectivity index (χ2v) is 13.6. The molecule has 23 heavy (non-hydrogen) atoms. The summed E-state index contributed by atoms with van der Waals surface area (Å²) in [5.74, 6) is 0.951. The molecule has 124 valence electrons. The van der Waals surface area contributed by atoms with E-state index in [4.69, 9.17) is 0 Å². The molecule has 0 aromatic heterocycles. The van der Waals surface area contributed by atoms with Crippen molar-refractivity contribution in [2.24, 2.45) is 5.92 Å². The van der Waals surface area contributed by atoms with Crippen LogP contribution in [0.2, 0.25) is 24.7 Å². The molecule has 1 amide bonds. The van der Waals surface area contributed by atoms with E-state index in [0.717, 1.165) is 19.4 Å². The van der Waals surface area contributed by atoms with Gasteiger partial charge < -0.3 is 4.90 Å². The van der Waals surface area contributed by atoms with Gasteiger partial charge in [-0.25, -0.2) is 0 Å². The number of Topliss-reactive ketones (excluding diaryl/α,β-unsaturated/α-hetero) is 1. The van der Waals surface area contributed by atoms with E-state index in [1.165, 1.54) is 5.56 Å². The van der Waals surface area contributed by atoms with E-state index >= 15 is 0 Å². The average molecular weight is 330 g/mol. The second-order valence-electron chi connectivity index (χ2n) is 8.16. The number of benzene rings is 1. The quantitative estimate of drug-likeness (QED) is 0.790. The van der Waals surface area contributed by atoms with Crippen molar-refractivity contribution in [2.75, 3.05) is 6.54 Å². The first-order valence-electron chi connectivity index (χ1n) is 8.69. The van der Waals surface area contributed by atoms with Gasteiger partial charge in [-0.1, -0.05) is 50.0 Å². The summed E-state index contributed by atoms with van der Waals surface area (Å²) in [5, 5.41) is -0.242. The molecule has 0 N–H and O–H groups in total. The fourth-order valence-corrected chi connectivity index (χ4v) is 7.83. The minimum Gasteiger partial charge on any atom is -0.338 e. The molecule has 1 saturated heterocycles. The maximum Gasteiger partial charge on any atom is 0.226 e. The Morgan fingerprint density at radius 2 is 1.87 bits per heavy atom. The van der Waals surface area contributed by atoms with Crippen molar-refractivity contribution in [3.05, 3.63) is 35.9 Å². The zero-order valence-electron chi connectivity index (χ0n) is 14.5. The van der Waals surface area contributed by atoms with Gasteiger partial charge in [0, 0.05) is 31.0 Å². The third kappa shape index (κ3) is 2.78. The van der Waals surface area contributed by atoms with Gasteiger partial charge in [-0.3, -0.25) is 9.59 Å². The van der Waals surface area contributed by atoms with Crippen LogP contribution in [-0.4, -0.2) is 31.2 Å². The Morgan fingerprint density at radius 1 is 1.17 bits per heavy atom. The molecular weight excluding hydrogens is 302 g/mol. The number of piperidine rings is 1. The van der Waals surface area contributed by atoms with Crippen LogP contribution in [0.25, 0.3) is 0 Å². The van der Waals surface area contributed by atoms with Crippen LogP contribution in [0.5, 0.6) is 0 Å². The van der Waals surface area contributed by atoms with E-state index in [9.17, 15) is 9.59 Å². The number of hydrogen-bond acceptors (Lipinski definition) is 2. The smallest absolute Gasteiger partial charge is 0.226 e. The maximum absolute atomic E-state index is 13.5. The SMILES string of the molecule is C[Si](C)(C)[C@@]12CCC(=O)C[C@@H]1CCN(Cc1ccccc1)C2=O. The van der Waals surface area contributed by atoms with Gasteiger partial charge in [0.15, 0.2) is 0 Å². The van der Waals surface area contributed by atoms with Crippen molar-refractivity contribution in [1.82, 2.24) is 4.90 Å². The first kappa shape index (κ1) is 16.4. The Bertz CT molecular complexity index is 608. The average Bonchev–Trinajstić information content (AvgIpc) is 2.50. The van der Waals surface area contributed by atoms with E-state index in [1.54, 1.807) is 0 Å². The van der Waals surface area contributed by atoms with E-state index in [1.807, 2.05) is 18.2 Å².